The summed E-state index contributed by atoms with van der Waals surface area (Å²) in [7, 11) is -3.04. The Morgan fingerprint density at radius 1 is 0.844 bits per heavy atom. The fraction of sp³-hybridized carbons (Fsp3) is 0.176. The van der Waals surface area contributed by atoms with E-state index in [1.807, 2.05) is 30.3 Å². The van der Waals surface area contributed by atoms with E-state index in [9.17, 15) is 18.0 Å². The molecule has 4 aromatic rings. The number of methoxy groups -OCH3 is 1. The predicted molar refractivity (Wildman–Crippen MR) is 176 cm³/mol. The van der Waals surface area contributed by atoms with Crippen molar-refractivity contribution in [1.82, 2.24) is 9.62 Å². The maximum absolute atomic E-state index is 14.6. The van der Waals surface area contributed by atoms with Gasteiger partial charge in [-0.15, -0.1) is 0 Å². The zero-order chi connectivity index (χ0) is 32.1. The molecule has 11 heteroatoms. The van der Waals surface area contributed by atoms with Gasteiger partial charge in [0.1, 0.15) is 6.04 Å². The molecule has 232 valence electrons. The molecular formula is C34H29Cl3N2O5S. The molecular weight excluding hydrogens is 655 g/mol. The molecule has 1 aliphatic rings. The Hall–Kier alpha value is -3.66. The number of ether oxygens (including phenoxy) is 1. The highest BCUT2D eigenvalue weighted by molar-refractivity contribution is 7.89. The van der Waals surface area contributed by atoms with Crippen molar-refractivity contribution >= 4 is 56.7 Å². The van der Waals surface area contributed by atoms with E-state index < -0.39 is 40.0 Å². The van der Waals surface area contributed by atoms with E-state index >= 15 is 0 Å². The van der Waals surface area contributed by atoms with Crippen molar-refractivity contribution in [3.63, 3.8) is 0 Å². The summed E-state index contributed by atoms with van der Waals surface area (Å²) < 4.78 is 35.5. The number of sulfonamides is 1. The Bertz CT molecular complexity index is 1830. The van der Waals surface area contributed by atoms with E-state index in [-0.39, 0.29) is 23.3 Å². The molecule has 0 spiro atoms. The van der Waals surface area contributed by atoms with Crippen LogP contribution in [0.2, 0.25) is 15.1 Å². The average Bonchev–Trinajstić information content (AvgIpc) is 3.04. The maximum Gasteiger partial charge on any atom is 0.328 e. The highest BCUT2D eigenvalue weighted by atomic mass is 35.5. The Labute approximate surface area is 277 Å². The second kappa shape index (κ2) is 14.2. The molecule has 0 fully saturated rings. The van der Waals surface area contributed by atoms with Crippen LogP contribution < -0.4 is 5.32 Å². The highest BCUT2D eigenvalue weighted by Gasteiger charge is 2.45. The monoisotopic (exact) mass is 682 g/mol. The van der Waals surface area contributed by atoms with Gasteiger partial charge in [-0.25, -0.2) is 13.2 Å². The minimum Gasteiger partial charge on any atom is -0.467 e. The van der Waals surface area contributed by atoms with Gasteiger partial charge in [0.25, 0.3) is 0 Å². The zero-order valence-corrected chi connectivity index (χ0v) is 27.2. The van der Waals surface area contributed by atoms with Gasteiger partial charge in [0, 0.05) is 27.1 Å². The van der Waals surface area contributed by atoms with Crippen LogP contribution in [0.4, 0.5) is 0 Å². The standard InChI is InChI=1S/C34H29Cl3N2O5S/c1-44-34(41)30(19-22-7-3-2-4-8-22)38-33(40)29-17-18-31(23-9-5-11-26(36)20-23)39(32(29)24-10-6-12-27(37)21-24)45(42,43)28-15-13-25(35)14-16-28/h2-17,20-21,30-32H,18-19H2,1H3,(H,38,40)/t30-,31-,32-/m0/s1. The average molecular weight is 684 g/mol. The van der Waals surface area contributed by atoms with Crippen LogP contribution in [-0.4, -0.2) is 37.8 Å². The first kappa shape index (κ1) is 32.7. The van der Waals surface area contributed by atoms with Gasteiger partial charge in [0.05, 0.1) is 24.1 Å². The lowest BCUT2D eigenvalue weighted by molar-refractivity contribution is -0.144. The first-order chi connectivity index (χ1) is 21.6. The fourth-order valence-electron chi connectivity index (χ4n) is 5.45. The summed E-state index contributed by atoms with van der Waals surface area (Å²) in [5, 5.41) is 3.98. The summed E-state index contributed by atoms with van der Waals surface area (Å²) in [5.74, 6) is -1.25. The Kier molecular flexibility index (Phi) is 10.3. The first-order valence-electron chi connectivity index (χ1n) is 14.0. The van der Waals surface area contributed by atoms with Crippen LogP contribution >= 0.6 is 34.8 Å². The summed E-state index contributed by atoms with van der Waals surface area (Å²) in [6.45, 7) is 0. The van der Waals surface area contributed by atoms with E-state index in [1.165, 1.54) is 35.7 Å². The van der Waals surface area contributed by atoms with Gasteiger partial charge in [-0.1, -0.05) is 95.5 Å². The summed E-state index contributed by atoms with van der Waals surface area (Å²) in [4.78, 5) is 27.0. The lowest BCUT2D eigenvalue weighted by Crippen LogP contribution is -2.48. The van der Waals surface area contributed by atoms with Crippen molar-refractivity contribution in [1.29, 1.82) is 0 Å². The van der Waals surface area contributed by atoms with E-state index in [0.717, 1.165) is 5.56 Å². The van der Waals surface area contributed by atoms with Crippen LogP contribution in [0.5, 0.6) is 0 Å². The molecule has 3 atom stereocenters. The van der Waals surface area contributed by atoms with Gasteiger partial charge in [-0.05, 0) is 71.6 Å². The first-order valence-corrected chi connectivity index (χ1v) is 16.6. The number of esters is 1. The lowest BCUT2D eigenvalue weighted by Gasteiger charge is -2.41. The minimum atomic E-state index is -4.29. The van der Waals surface area contributed by atoms with Crippen molar-refractivity contribution in [2.75, 3.05) is 7.11 Å². The molecule has 5 rings (SSSR count). The Morgan fingerprint density at radius 2 is 1.47 bits per heavy atom. The summed E-state index contributed by atoms with van der Waals surface area (Å²) in [5.41, 5.74) is 2.05. The van der Waals surface area contributed by atoms with Gasteiger partial charge < -0.3 is 10.1 Å². The zero-order valence-electron chi connectivity index (χ0n) is 24.1. The van der Waals surface area contributed by atoms with Gasteiger partial charge in [0.2, 0.25) is 15.9 Å². The van der Waals surface area contributed by atoms with Crippen LogP contribution in [0, 0.1) is 0 Å². The predicted octanol–water partition coefficient (Wildman–Crippen LogP) is 7.35. The number of carbonyl (C=O) groups is 2. The summed E-state index contributed by atoms with van der Waals surface area (Å²) in [6.07, 6.45) is 2.03. The molecule has 1 N–H and O–H groups in total. The maximum atomic E-state index is 14.6. The number of nitrogens with one attached hydrogen (secondary N) is 1. The molecule has 1 heterocycles. The number of nitrogens with zero attached hydrogens (tertiary/aromatic N) is 1. The molecule has 0 unspecified atom stereocenters. The SMILES string of the molecule is COC(=O)[C@H](Cc1ccccc1)NC(=O)C1=CC[C@@H](c2cccc(Cl)c2)N(S(=O)(=O)c2ccc(Cl)cc2)[C@H]1c1cccc(Cl)c1. The van der Waals surface area contributed by atoms with Crippen LogP contribution in [0.25, 0.3) is 0 Å². The number of amides is 1. The summed E-state index contributed by atoms with van der Waals surface area (Å²) in [6, 6.07) is 25.8. The summed E-state index contributed by atoms with van der Waals surface area (Å²) >= 11 is 18.9. The largest absolute Gasteiger partial charge is 0.467 e. The molecule has 0 aliphatic carbocycles. The van der Waals surface area contributed by atoms with Crippen molar-refractivity contribution in [2.45, 2.75) is 35.9 Å². The molecule has 0 bridgehead atoms. The normalized spacial score (nSPS) is 17.6. The lowest BCUT2D eigenvalue weighted by atomic mass is 9.88. The number of halogens is 3. The number of carbonyl (C=O) groups excluding carboxylic acids is 2. The molecule has 0 radical (unpaired) electrons. The van der Waals surface area contributed by atoms with E-state index in [1.54, 1.807) is 54.6 Å². The van der Waals surface area contributed by atoms with E-state index in [2.05, 4.69) is 5.32 Å². The molecule has 1 aliphatic heterocycles. The molecule has 1 amide bonds. The third-order valence-corrected chi connectivity index (χ3v) is 10.2. The van der Waals surface area contributed by atoms with Crippen LogP contribution in [0.15, 0.2) is 120 Å². The Balaban J connectivity index is 1.65. The van der Waals surface area contributed by atoms with Crippen molar-refractivity contribution in [3.05, 3.63) is 147 Å². The van der Waals surface area contributed by atoms with E-state index in [4.69, 9.17) is 39.5 Å². The molecule has 45 heavy (non-hydrogen) atoms. The van der Waals surface area contributed by atoms with Crippen LogP contribution in [-0.2, 0) is 30.8 Å². The minimum absolute atomic E-state index is 0.0101. The third-order valence-electron chi connectivity index (χ3n) is 7.54. The highest BCUT2D eigenvalue weighted by Crippen LogP contribution is 2.46. The van der Waals surface area contributed by atoms with Crippen molar-refractivity contribution in [2.24, 2.45) is 0 Å². The molecule has 0 saturated carbocycles. The Morgan fingerprint density at radius 3 is 2.09 bits per heavy atom. The van der Waals surface area contributed by atoms with Crippen molar-refractivity contribution in [3.8, 4) is 0 Å². The van der Waals surface area contributed by atoms with Gasteiger partial charge >= 0.3 is 5.97 Å². The van der Waals surface area contributed by atoms with Crippen LogP contribution in [0.3, 0.4) is 0 Å². The fourth-order valence-corrected chi connectivity index (χ4v) is 7.75. The van der Waals surface area contributed by atoms with Gasteiger partial charge in [0.15, 0.2) is 0 Å². The molecule has 7 nitrogen and oxygen atoms in total. The van der Waals surface area contributed by atoms with Gasteiger partial charge in [-0.2, -0.15) is 4.31 Å². The second-order valence-corrected chi connectivity index (χ2v) is 13.6. The second-order valence-electron chi connectivity index (χ2n) is 10.5. The van der Waals surface area contributed by atoms with E-state index in [0.29, 0.717) is 26.2 Å². The third kappa shape index (κ3) is 7.43. The van der Waals surface area contributed by atoms with Crippen LogP contribution in [0.1, 0.15) is 35.2 Å². The quantitative estimate of drug-likeness (QED) is 0.186. The number of hydrogen-bond donors (Lipinski definition) is 1. The molecule has 0 aromatic heterocycles. The van der Waals surface area contributed by atoms with Crippen molar-refractivity contribution < 1.29 is 22.7 Å². The number of rotatable bonds is 9. The van der Waals surface area contributed by atoms with Gasteiger partial charge in [-0.3, -0.25) is 4.79 Å². The number of benzene rings is 4. The number of hydrogen-bond acceptors (Lipinski definition) is 5. The smallest absolute Gasteiger partial charge is 0.328 e. The topological polar surface area (TPSA) is 92.8 Å². The molecule has 0 saturated heterocycles. The molecule has 4 aromatic carbocycles.